The quantitative estimate of drug-likeness (QED) is 0.699. The highest BCUT2D eigenvalue weighted by atomic mass is 16.5. The number of allylic oxidation sites excluding steroid dienone is 1. The second kappa shape index (κ2) is 6.89. The topological polar surface area (TPSA) is 41.8 Å². The molecule has 0 amide bonds. The molecule has 3 nitrogen and oxygen atoms in total. The molecule has 0 saturated heterocycles. The van der Waals surface area contributed by atoms with Gasteiger partial charge in [-0.3, -0.25) is 4.99 Å². The minimum Gasteiger partial charge on any atom is -0.507 e. The molecule has 0 spiro atoms. The van der Waals surface area contributed by atoms with Crippen molar-refractivity contribution in [3.8, 4) is 22.6 Å². The summed E-state index contributed by atoms with van der Waals surface area (Å²) in [5.74, 6) is 0.821. The van der Waals surface area contributed by atoms with Crippen molar-refractivity contribution in [2.75, 3.05) is 7.11 Å². The van der Waals surface area contributed by atoms with Gasteiger partial charge in [0.1, 0.15) is 11.5 Å². The fourth-order valence-electron chi connectivity index (χ4n) is 3.23. The molecule has 3 heteroatoms. The molecule has 1 aliphatic rings. The number of aliphatic imine (C=N–C) groups is 1. The van der Waals surface area contributed by atoms with E-state index >= 15 is 0 Å². The molecule has 128 valence electrons. The minimum absolute atomic E-state index is 0.189. The number of phenols is 1. The summed E-state index contributed by atoms with van der Waals surface area (Å²) in [6, 6.07) is 23.9. The Morgan fingerprint density at radius 1 is 0.846 bits per heavy atom. The molecule has 0 aromatic heterocycles. The van der Waals surface area contributed by atoms with Gasteiger partial charge in [-0.2, -0.15) is 0 Å². The van der Waals surface area contributed by atoms with Crippen molar-refractivity contribution in [1.29, 1.82) is 0 Å². The Balaban J connectivity index is 1.71. The normalized spacial score (nSPS) is 13.3. The van der Waals surface area contributed by atoms with Crippen molar-refractivity contribution < 1.29 is 9.84 Å². The maximum atomic E-state index is 10.3. The Hall–Kier alpha value is -3.33. The van der Waals surface area contributed by atoms with Crippen LogP contribution < -0.4 is 4.74 Å². The van der Waals surface area contributed by atoms with Crippen molar-refractivity contribution in [1.82, 2.24) is 0 Å². The van der Waals surface area contributed by atoms with E-state index in [4.69, 9.17) is 9.73 Å². The molecule has 0 saturated carbocycles. The van der Waals surface area contributed by atoms with E-state index in [1.807, 2.05) is 42.5 Å². The average molecular weight is 341 g/mol. The minimum atomic E-state index is 0.189. The van der Waals surface area contributed by atoms with Gasteiger partial charge in [-0.15, -0.1) is 0 Å². The van der Waals surface area contributed by atoms with Crippen LogP contribution >= 0.6 is 0 Å². The molecule has 0 radical (unpaired) electrons. The zero-order valence-electron chi connectivity index (χ0n) is 14.5. The molecule has 1 aliphatic heterocycles. The van der Waals surface area contributed by atoms with E-state index in [1.165, 1.54) is 5.56 Å². The first-order chi connectivity index (χ1) is 12.8. The maximum absolute atomic E-state index is 10.3. The molecular formula is C23H19NO2. The monoisotopic (exact) mass is 341 g/mol. The Bertz CT molecular complexity index is 1000. The van der Waals surface area contributed by atoms with Gasteiger partial charge < -0.3 is 9.84 Å². The first-order valence-corrected chi connectivity index (χ1v) is 8.56. The number of rotatable bonds is 4. The zero-order valence-corrected chi connectivity index (χ0v) is 14.5. The lowest BCUT2D eigenvalue weighted by Gasteiger charge is -2.09. The fourth-order valence-corrected chi connectivity index (χ4v) is 3.23. The lowest BCUT2D eigenvalue weighted by Crippen LogP contribution is -1.97. The number of benzene rings is 3. The van der Waals surface area contributed by atoms with Crippen LogP contribution in [0.2, 0.25) is 0 Å². The number of ether oxygens (including phenoxy) is 1. The van der Waals surface area contributed by atoms with Crippen LogP contribution in [-0.2, 0) is 0 Å². The molecular weight excluding hydrogens is 322 g/mol. The summed E-state index contributed by atoms with van der Waals surface area (Å²) >= 11 is 0. The van der Waals surface area contributed by atoms with E-state index in [0.29, 0.717) is 12.2 Å². The molecule has 3 aromatic rings. The smallest absolute Gasteiger partial charge is 0.128 e. The lowest BCUT2D eigenvalue weighted by atomic mass is 9.98. The van der Waals surface area contributed by atoms with Gasteiger partial charge in [0.2, 0.25) is 0 Å². The molecule has 0 bridgehead atoms. The lowest BCUT2D eigenvalue weighted by molar-refractivity contribution is 0.407. The number of phenolic OH excluding ortho intramolecular Hbond substituents is 1. The molecule has 26 heavy (non-hydrogen) atoms. The SMILES string of the molecule is COc1ccc(C2=NC(c3ccccc3-c3ccccc3)=CC2)c(O)c1. The van der Waals surface area contributed by atoms with Gasteiger partial charge in [-0.25, -0.2) is 0 Å². The third-order valence-corrected chi connectivity index (χ3v) is 4.55. The van der Waals surface area contributed by atoms with E-state index in [0.717, 1.165) is 28.1 Å². The van der Waals surface area contributed by atoms with Crippen molar-refractivity contribution in [3.63, 3.8) is 0 Å². The van der Waals surface area contributed by atoms with Crippen LogP contribution in [0.15, 0.2) is 83.9 Å². The van der Waals surface area contributed by atoms with Gasteiger partial charge in [0.05, 0.1) is 18.5 Å². The molecule has 3 aromatic carbocycles. The summed E-state index contributed by atoms with van der Waals surface area (Å²) in [6.07, 6.45) is 2.80. The maximum Gasteiger partial charge on any atom is 0.128 e. The van der Waals surface area contributed by atoms with Crippen LogP contribution in [0.5, 0.6) is 11.5 Å². The molecule has 1 heterocycles. The molecule has 0 unspecified atom stereocenters. The van der Waals surface area contributed by atoms with E-state index in [2.05, 4.69) is 30.3 Å². The Kier molecular flexibility index (Phi) is 4.28. The number of methoxy groups -OCH3 is 1. The third-order valence-electron chi connectivity index (χ3n) is 4.55. The van der Waals surface area contributed by atoms with Crippen LogP contribution in [0.25, 0.3) is 16.8 Å². The Labute approximate surface area is 152 Å². The van der Waals surface area contributed by atoms with Crippen LogP contribution in [-0.4, -0.2) is 17.9 Å². The third kappa shape index (κ3) is 3.00. The van der Waals surface area contributed by atoms with Crippen molar-refractivity contribution in [3.05, 3.63) is 90.0 Å². The van der Waals surface area contributed by atoms with Crippen LogP contribution in [0, 0.1) is 0 Å². The van der Waals surface area contributed by atoms with E-state index in [1.54, 1.807) is 13.2 Å². The summed E-state index contributed by atoms with van der Waals surface area (Å²) in [7, 11) is 1.59. The van der Waals surface area contributed by atoms with Gasteiger partial charge in [0.25, 0.3) is 0 Å². The van der Waals surface area contributed by atoms with Crippen LogP contribution in [0.3, 0.4) is 0 Å². The Morgan fingerprint density at radius 3 is 2.31 bits per heavy atom. The van der Waals surface area contributed by atoms with E-state index < -0.39 is 0 Å². The van der Waals surface area contributed by atoms with Crippen molar-refractivity contribution in [2.45, 2.75) is 6.42 Å². The highest BCUT2D eigenvalue weighted by molar-refractivity contribution is 6.09. The molecule has 0 fully saturated rings. The fraction of sp³-hybridized carbons (Fsp3) is 0.0870. The largest absolute Gasteiger partial charge is 0.507 e. The number of hydrogen-bond acceptors (Lipinski definition) is 3. The summed E-state index contributed by atoms with van der Waals surface area (Å²) in [5, 5.41) is 10.3. The second-order valence-corrected chi connectivity index (χ2v) is 6.15. The number of nitrogens with zero attached hydrogens (tertiary/aromatic N) is 1. The predicted octanol–water partition coefficient (Wildman–Crippen LogP) is 5.30. The number of hydrogen-bond donors (Lipinski definition) is 1. The van der Waals surface area contributed by atoms with Crippen LogP contribution in [0.4, 0.5) is 0 Å². The number of aromatic hydroxyl groups is 1. The van der Waals surface area contributed by atoms with Gasteiger partial charge >= 0.3 is 0 Å². The van der Waals surface area contributed by atoms with Crippen molar-refractivity contribution >= 4 is 11.4 Å². The molecule has 4 rings (SSSR count). The standard InChI is InChI=1S/C23H19NO2/c1-26-17-11-12-20(23(25)15-17)22-14-13-21(24-22)19-10-6-5-9-18(19)16-7-3-2-4-8-16/h2-13,15,25H,14H2,1H3. The highest BCUT2D eigenvalue weighted by Crippen LogP contribution is 2.34. The Morgan fingerprint density at radius 2 is 1.58 bits per heavy atom. The van der Waals surface area contributed by atoms with Crippen molar-refractivity contribution in [2.24, 2.45) is 4.99 Å². The van der Waals surface area contributed by atoms with Gasteiger partial charge in [-0.1, -0.05) is 60.7 Å². The van der Waals surface area contributed by atoms with Gasteiger partial charge in [0.15, 0.2) is 0 Å². The summed E-state index contributed by atoms with van der Waals surface area (Å²) < 4.78 is 5.15. The highest BCUT2D eigenvalue weighted by Gasteiger charge is 2.17. The molecule has 0 aliphatic carbocycles. The first-order valence-electron chi connectivity index (χ1n) is 8.56. The van der Waals surface area contributed by atoms with Gasteiger partial charge in [-0.05, 0) is 23.3 Å². The van der Waals surface area contributed by atoms with E-state index in [-0.39, 0.29) is 5.75 Å². The molecule has 0 atom stereocenters. The summed E-state index contributed by atoms with van der Waals surface area (Å²) in [4.78, 5) is 4.81. The van der Waals surface area contributed by atoms with Gasteiger partial charge in [0, 0.05) is 23.6 Å². The summed E-state index contributed by atoms with van der Waals surface area (Å²) in [6.45, 7) is 0. The average Bonchev–Trinajstić information content (AvgIpc) is 3.18. The molecule has 1 N–H and O–H groups in total. The van der Waals surface area contributed by atoms with Crippen LogP contribution in [0.1, 0.15) is 17.5 Å². The second-order valence-electron chi connectivity index (χ2n) is 6.15. The zero-order chi connectivity index (χ0) is 17.9. The first kappa shape index (κ1) is 16.2. The predicted molar refractivity (Wildman–Crippen MR) is 106 cm³/mol. The summed E-state index contributed by atoms with van der Waals surface area (Å²) in [5.41, 5.74) is 5.97. The van der Waals surface area contributed by atoms with E-state index in [9.17, 15) is 5.11 Å².